The van der Waals surface area contributed by atoms with E-state index in [2.05, 4.69) is 150 Å². The summed E-state index contributed by atoms with van der Waals surface area (Å²) in [5, 5.41) is 5.47. The molecular weight excluding hydrogens is 641 g/mol. The molecular formula is C46H30N4S. The number of para-hydroxylation sites is 1. The lowest BCUT2D eigenvalue weighted by atomic mass is 9.94. The lowest BCUT2D eigenvalue weighted by molar-refractivity contribution is 0.990. The van der Waals surface area contributed by atoms with Gasteiger partial charge in [0.1, 0.15) is 5.65 Å². The first-order valence-corrected chi connectivity index (χ1v) is 17.6. The first kappa shape index (κ1) is 29.6. The molecule has 0 spiro atoms. The van der Waals surface area contributed by atoms with E-state index in [-0.39, 0.29) is 0 Å². The maximum absolute atomic E-state index is 5.48. The average Bonchev–Trinajstić information content (AvgIpc) is 3.85. The van der Waals surface area contributed by atoms with Gasteiger partial charge >= 0.3 is 0 Å². The highest BCUT2D eigenvalue weighted by Gasteiger charge is 2.25. The highest BCUT2D eigenvalue weighted by molar-refractivity contribution is 7.80. The molecule has 0 aliphatic heterocycles. The van der Waals surface area contributed by atoms with Crippen molar-refractivity contribution < 1.29 is 0 Å². The Labute approximate surface area is 300 Å². The molecule has 0 saturated heterocycles. The van der Waals surface area contributed by atoms with Gasteiger partial charge in [0.05, 0.1) is 16.7 Å². The minimum atomic E-state index is 0.559. The number of fused-ring (bicyclic) bond motifs is 6. The Balaban J connectivity index is 1.31. The number of pyridine rings is 1. The lowest BCUT2D eigenvalue weighted by Gasteiger charge is -2.16. The third-order valence-electron chi connectivity index (χ3n) is 9.96. The fourth-order valence-electron chi connectivity index (χ4n) is 7.67. The zero-order valence-electron chi connectivity index (χ0n) is 27.5. The normalized spacial score (nSPS) is 12.8. The number of thiol groups is 1. The molecule has 3 heterocycles. The molecule has 0 bridgehead atoms. The van der Waals surface area contributed by atoms with E-state index in [1.54, 1.807) is 0 Å². The molecule has 0 saturated carbocycles. The topological polar surface area (TPSA) is 43.6 Å². The molecule has 0 amide bonds. The monoisotopic (exact) mass is 670 g/mol. The maximum Gasteiger partial charge on any atom is 0.237 e. The minimum Gasteiger partial charge on any atom is -0.260 e. The number of aromatic nitrogens is 4. The number of hydrogen-bond acceptors (Lipinski definition) is 4. The lowest BCUT2D eigenvalue weighted by Crippen LogP contribution is -2.05. The molecule has 3 aromatic heterocycles. The van der Waals surface area contributed by atoms with Crippen molar-refractivity contribution in [2.24, 2.45) is 0 Å². The molecule has 0 N–H and O–H groups in total. The molecule has 6 aromatic carbocycles. The summed E-state index contributed by atoms with van der Waals surface area (Å²) in [6.07, 6.45) is 9.24. The van der Waals surface area contributed by atoms with Crippen LogP contribution in [0, 0.1) is 0 Å². The van der Waals surface area contributed by atoms with Gasteiger partial charge in [0.25, 0.3) is 0 Å². The summed E-state index contributed by atoms with van der Waals surface area (Å²) in [6, 6.07) is 48.9. The van der Waals surface area contributed by atoms with Gasteiger partial charge in [-0.3, -0.25) is 4.57 Å². The van der Waals surface area contributed by atoms with E-state index in [9.17, 15) is 0 Å². The fraction of sp³-hybridized carbons (Fsp3) is 0.0217. The van der Waals surface area contributed by atoms with Gasteiger partial charge in [-0.15, -0.1) is 12.6 Å². The Bertz CT molecular complexity index is 2830. The predicted molar refractivity (Wildman–Crippen MR) is 214 cm³/mol. The van der Waals surface area contributed by atoms with Gasteiger partial charge in [-0.1, -0.05) is 121 Å². The van der Waals surface area contributed by atoms with E-state index in [0.29, 0.717) is 5.95 Å². The van der Waals surface area contributed by atoms with Crippen LogP contribution in [-0.4, -0.2) is 19.5 Å². The molecule has 0 unspecified atom stereocenters. The molecule has 1 aliphatic rings. The van der Waals surface area contributed by atoms with Crippen molar-refractivity contribution in [2.45, 2.75) is 11.3 Å². The van der Waals surface area contributed by atoms with Crippen LogP contribution in [0.4, 0.5) is 0 Å². The van der Waals surface area contributed by atoms with Crippen molar-refractivity contribution in [1.82, 2.24) is 19.5 Å². The molecule has 5 heteroatoms. The second-order valence-corrected chi connectivity index (χ2v) is 13.4. The summed E-state index contributed by atoms with van der Waals surface area (Å²) >= 11 is 5.35. The van der Waals surface area contributed by atoms with Gasteiger partial charge in [0.2, 0.25) is 5.95 Å². The Kier molecular flexibility index (Phi) is 6.93. The zero-order chi connectivity index (χ0) is 33.9. The Morgan fingerprint density at radius 2 is 1.20 bits per heavy atom. The minimum absolute atomic E-state index is 0.559. The van der Waals surface area contributed by atoms with E-state index in [1.165, 1.54) is 11.0 Å². The SMILES string of the molecule is Sc1c(C2=CC=CC2)c2ccccc2c2c3cccnc3n(-c3nc(-c4cc(-c5ccccc5)cc(-c5ccccc5)c4)c4ccccc4n3)c12. The van der Waals surface area contributed by atoms with Crippen molar-refractivity contribution in [3.63, 3.8) is 0 Å². The van der Waals surface area contributed by atoms with Crippen LogP contribution in [-0.2, 0) is 0 Å². The van der Waals surface area contributed by atoms with Crippen LogP contribution < -0.4 is 0 Å². The van der Waals surface area contributed by atoms with Gasteiger partial charge in [0.15, 0.2) is 0 Å². The largest absolute Gasteiger partial charge is 0.260 e. The van der Waals surface area contributed by atoms with E-state index in [1.807, 2.05) is 18.3 Å². The third kappa shape index (κ3) is 4.81. The van der Waals surface area contributed by atoms with Crippen LogP contribution in [0.25, 0.3) is 88.6 Å². The van der Waals surface area contributed by atoms with Crippen LogP contribution in [0.3, 0.4) is 0 Å². The van der Waals surface area contributed by atoms with E-state index in [0.717, 1.165) is 88.6 Å². The van der Waals surface area contributed by atoms with E-state index in [4.69, 9.17) is 27.6 Å². The number of benzene rings is 6. The number of rotatable bonds is 5. The smallest absolute Gasteiger partial charge is 0.237 e. The molecule has 51 heavy (non-hydrogen) atoms. The quantitative estimate of drug-likeness (QED) is 0.185. The van der Waals surface area contributed by atoms with Crippen molar-refractivity contribution in [3.05, 3.63) is 170 Å². The summed E-state index contributed by atoms with van der Waals surface area (Å²) in [6.45, 7) is 0. The van der Waals surface area contributed by atoms with Crippen LogP contribution in [0.5, 0.6) is 0 Å². The molecule has 240 valence electrons. The van der Waals surface area contributed by atoms with Crippen molar-refractivity contribution in [2.75, 3.05) is 0 Å². The third-order valence-corrected chi connectivity index (χ3v) is 10.4. The molecule has 10 rings (SSSR count). The highest BCUT2D eigenvalue weighted by atomic mass is 32.1. The Hall–Kier alpha value is -6.30. The summed E-state index contributed by atoms with van der Waals surface area (Å²) in [4.78, 5) is 16.6. The van der Waals surface area contributed by atoms with E-state index < -0.39 is 0 Å². The molecule has 9 aromatic rings. The van der Waals surface area contributed by atoms with Gasteiger partial charge in [-0.05, 0) is 81.4 Å². The number of hydrogen-bond donors (Lipinski definition) is 1. The average molecular weight is 671 g/mol. The van der Waals surface area contributed by atoms with Crippen molar-refractivity contribution >= 4 is 61.8 Å². The molecule has 0 radical (unpaired) electrons. The highest BCUT2D eigenvalue weighted by Crippen LogP contribution is 2.45. The summed E-state index contributed by atoms with van der Waals surface area (Å²) in [5.74, 6) is 0.559. The van der Waals surface area contributed by atoms with Crippen LogP contribution >= 0.6 is 12.6 Å². The standard InChI is InChI=1S/C46H30N4S/c51-44-40(31-18-7-8-19-31)35-20-9-10-21-36(35)41-38-23-13-25-47-45(38)50(43(41)44)46-48-39-24-12-11-22-37(39)42(49-46)34-27-32(29-14-3-1-4-15-29)26-33(28-34)30-16-5-2-6-17-30/h1-18,20-28,51H,19H2. The molecule has 4 nitrogen and oxygen atoms in total. The number of nitrogens with zero attached hydrogens (tertiary/aromatic N) is 4. The molecule has 1 aliphatic carbocycles. The van der Waals surface area contributed by atoms with E-state index >= 15 is 0 Å². The first-order chi connectivity index (χ1) is 25.2. The summed E-state index contributed by atoms with van der Waals surface area (Å²) < 4.78 is 2.13. The van der Waals surface area contributed by atoms with Crippen LogP contribution in [0.15, 0.2) is 169 Å². The molecule has 0 fully saturated rings. The summed E-state index contributed by atoms with van der Waals surface area (Å²) in [7, 11) is 0. The Morgan fingerprint density at radius 1 is 0.569 bits per heavy atom. The predicted octanol–water partition coefficient (Wildman–Crippen LogP) is 11.9. The zero-order valence-corrected chi connectivity index (χ0v) is 28.4. The van der Waals surface area contributed by atoms with Gasteiger partial charge in [0, 0.05) is 38.4 Å². The van der Waals surface area contributed by atoms with Crippen LogP contribution in [0.2, 0.25) is 0 Å². The second-order valence-electron chi connectivity index (χ2n) is 12.9. The second kappa shape index (κ2) is 11.9. The number of allylic oxidation sites excluding steroid dienone is 4. The maximum atomic E-state index is 5.48. The van der Waals surface area contributed by atoms with Gasteiger partial charge in [-0.2, -0.15) is 0 Å². The fourth-order valence-corrected chi connectivity index (χ4v) is 8.15. The van der Waals surface area contributed by atoms with Crippen LogP contribution in [0.1, 0.15) is 12.0 Å². The first-order valence-electron chi connectivity index (χ1n) is 17.2. The Morgan fingerprint density at radius 3 is 1.90 bits per heavy atom. The van der Waals surface area contributed by atoms with Crippen molar-refractivity contribution in [1.29, 1.82) is 0 Å². The van der Waals surface area contributed by atoms with Crippen molar-refractivity contribution in [3.8, 4) is 39.5 Å². The summed E-state index contributed by atoms with van der Waals surface area (Å²) in [5.41, 5.74) is 11.4. The molecule has 0 atom stereocenters. The van der Waals surface area contributed by atoms with Gasteiger partial charge < -0.3 is 0 Å². The van der Waals surface area contributed by atoms with Gasteiger partial charge in [-0.25, -0.2) is 15.0 Å².